The van der Waals surface area contributed by atoms with E-state index in [0.717, 1.165) is 42.8 Å². The highest BCUT2D eigenvalue weighted by Gasteiger charge is 2.15. The molecule has 0 aromatic heterocycles. The fourth-order valence-electron chi connectivity index (χ4n) is 3.14. The molecule has 2 aromatic rings. The summed E-state index contributed by atoms with van der Waals surface area (Å²) in [6.45, 7) is 4.57. The topological polar surface area (TPSA) is 50.4 Å². The van der Waals surface area contributed by atoms with E-state index in [0.29, 0.717) is 19.1 Å². The number of carbonyl (C=O) groups is 1. The van der Waals surface area contributed by atoms with Crippen molar-refractivity contribution in [3.63, 3.8) is 0 Å². The smallest absolute Gasteiger partial charge is 0.224 e. The molecule has 1 saturated heterocycles. The highest BCUT2D eigenvalue weighted by molar-refractivity contribution is 5.85. The van der Waals surface area contributed by atoms with Crippen molar-refractivity contribution in [1.29, 1.82) is 0 Å². The van der Waals surface area contributed by atoms with Crippen molar-refractivity contribution in [2.75, 3.05) is 13.1 Å². The zero-order valence-corrected chi connectivity index (χ0v) is 16.0. The van der Waals surface area contributed by atoms with E-state index < -0.39 is 0 Å². The van der Waals surface area contributed by atoms with Crippen molar-refractivity contribution < 1.29 is 9.53 Å². The monoisotopic (exact) mass is 374 g/mol. The molecule has 1 aliphatic rings. The molecule has 26 heavy (non-hydrogen) atoms. The van der Waals surface area contributed by atoms with Crippen LogP contribution in [0.1, 0.15) is 29.5 Å². The van der Waals surface area contributed by atoms with Crippen LogP contribution in [0.3, 0.4) is 0 Å². The summed E-state index contributed by atoms with van der Waals surface area (Å²) in [5.41, 5.74) is 3.35. The summed E-state index contributed by atoms with van der Waals surface area (Å²) in [5.74, 6) is 0.886. The average molecular weight is 375 g/mol. The summed E-state index contributed by atoms with van der Waals surface area (Å²) in [5, 5.41) is 6.44. The zero-order valence-electron chi connectivity index (χ0n) is 15.2. The quantitative estimate of drug-likeness (QED) is 0.814. The lowest BCUT2D eigenvalue weighted by molar-refractivity contribution is -0.121. The number of hydrogen-bond acceptors (Lipinski definition) is 3. The van der Waals surface area contributed by atoms with Crippen molar-refractivity contribution in [3.05, 3.63) is 65.2 Å². The van der Waals surface area contributed by atoms with Crippen LogP contribution < -0.4 is 15.4 Å². The number of halogens is 1. The standard InChI is InChI=1S/C21H26N2O2.ClH/c1-16-4-2-6-18(12-16)15-25-20-7-3-5-17(13-20)14-21(24)23-19-8-10-22-11-9-19;/h2-7,12-13,19,22H,8-11,14-15H2,1H3,(H,23,24);1H. The fourth-order valence-corrected chi connectivity index (χ4v) is 3.14. The maximum Gasteiger partial charge on any atom is 0.224 e. The maximum atomic E-state index is 12.2. The van der Waals surface area contributed by atoms with Crippen molar-refractivity contribution in [2.45, 2.75) is 38.8 Å². The molecular formula is C21H27ClN2O2. The summed E-state index contributed by atoms with van der Waals surface area (Å²) in [4.78, 5) is 12.2. The first-order valence-corrected chi connectivity index (χ1v) is 8.96. The van der Waals surface area contributed by atoms with Crippen LogP contribution in [0.5, 0.6) is 5.75 Å². The highest BCUT2D eigenvalue weighted by atomic mass is 35.5. The molecule has 1 amide bonds. The third kappa shape index (κ3) is 6.36. The second kappa shape index (κ2) is 10.2. The van der Waals surface area contributed by atoms with E-state index in [4.69, 9.17) is 4.74 Å². The van der Waals surface area contributed by atoms with Crippen LogP contribution in [0, 0.1) is 6.92 Å². The minimum Gasteiger partial charge on any atom is -0.489 e. The Morgan fingerprint density at radius 3 is 2.62 bits per heavy atom. The van der Waals surface area contributed by atoms with Crippen LogP contribution in [0.2, 0.25) is 0 Å². The van der Waals surface area contributed by atoms with Crippen LogP contribution in [0.4, 0.5) is 0 Å². The number of hydrogen-bond donors (Lipinski definition) is 2. The number of amides is 1. The summed E-state index contributed by atoms with van der Waals surface area (Å²) >= 11 is 0. The molecule has 2 aromatic carbocycles. The molecule has 1 heterocycles. The molecule has 0 radical (unpaired) electrons. The third-order valence-corrected chi connectivity index (χ3v) is 4.46. The SMILES string of the molecule is Cc1cccc(COc2cccc(CC(=O)NC3CCNCC3)c2)c1.Cl. The van der Waals surface area contributed by atoms with E-state index in [2.05, 4.69) is 35.8 Å². The Morgan fingerprint density at radius 1 is 1.12 bits per heavy atom. The summed E-state index contributed by atoms with van der Waals surface area (Å²) in [6.07, 6.45) is 2.41. The molecule has 4 nitrogen and oxygen atoms in total. The van der Waals surface area contributed by atoms with Gasteiger partial charge in [0.2, 0.25) is 5.91 Å². The molecule has 140 valence electrons. The van der Waals surface area contributed by atoms with Crippen LogP contribution in [0.15, 0.2) is 48.5 Å². The fraction of sp³-hybridized carbons (Fsp3) is 0.381. The van der Waals surface area contributed by atoms with Gasteiger partial charge in [-0.2, -0.15) is 0 Å². The van der Waals surface area contributed by atoms with Gasteiger partial charge in [0.15, 0.2) is 0 Å². The second-order valence-corrected chi connectivity index (χ2v) is 6.69. The van der Waals surface area contributed by atoms with Gasteiger partial charge in [0, 0.05) is 6.04 Å². The van der Waals surface area contributed by atoms with Gasteiger partial charge in [0.05, 0.1) is 6.42 Å². The van der Waals surface area contributed by atoms with Crippen molar-refractivity contribution in [1.82, 2.24) is 10.6 Å². The Kier molecular flexibility index (Phi) is 7.95. The summed E-state index contributed by atoms with van der Waals surface area (Å²) in [7, 11) is 0. The van der Waals surface area contributed by atoms with Gasteiger partial charge in [0.1, 0.15) is 12.4 Å². The highest BCUT2D eigenvalue weighted by Crippen LogP contribution is 2.16. The lowest BCUT2D eigenvalue weighted by Gasteiger charge is -2.23. The predicted octanol–water partition coefficient (Wildman–Crippen LogP) is 3.41. The lowest BCUT2D eigenvalue weighted by Crippen LogP contribution is -2.43. The largest absolute Gasteiger partial charge is 0.489 e. The molecule has 0 atom stereocenters. The van der Waals surface area contributed by atoms with Gasteiger partial charge in [-0.1, -0.05) is 42.0 Å². The van der Waals surface area contributed by atoms with Crippen LogP contribution in [-0.4, -0.2) is 25.0 Å². The summed E-state index contributed by atoms with van der Waals surface area (Å²) < 4.78 is 5.88. The van der Waals surface area contributed by atoms with E-state index >= 15 is 0 Å². The minimum absolute atomic E-state index is 0. The molecule has 5 heteroatoms. The molecule has 0 aliphatic carbocycles. The van der Waals surface area contributed by atoms with Gasteiger partial charge in [0.25, 0.3) is 0 Å². The van der Waals surface area contributed by atoms with Gasteiger partial charge >= 0.3 is 0 Å². The van der Waals surface area contributed by atoms with E-state index in [1.165, 1.54) is 5.56 Å². The number of ether oxygens (including phenoxy) is 1. The normalized spacial score (nSPS) is 14.3. The molecule has 0 unspecified atom stereocenters. The van der Waals surface area contributed by atoms with Crippen molar-refractivity contribution >= 4 is 18.3 Å². The number of nitrogens with one attached hydrogen (secondary N) is 2. The Morgan fingerprint density at radius 2 is 1.85 bits per heavy atom. The molecule has 2 N–H and O–H groups in total. The Hall–Kier alpha value is -2.04. The number of carbonyl (C=O) groups excluding carboxylic acids is 1. The van der Waals surface area contributed by atoms with Crippen molar-refractivity contribution in [2.24, 2.45) is 0 Å². The van der Waals surface area contributed by atoms with E-state index in [1.54, 1.807) is 0 Å². The molecule has 0 bridgehead atoms. The Labute approximate surface area is 161 Å². The average Bonchev–Trinajstić information content (AvgIpc) is 2.61. The Bertz CT molecular complexity index is 715. The summed E-state index contributed by atoms with van der Waals surface area (Å²) in [6, 6.07) is 16.4. The second-order valence-electron chi connectivity index (χ2n) is 6.69. The molecule has 3 rings (SSSR count). The van der Waals surface area contributed by atoms with E-state index in [9.17, 15) is 4.79 Å². The molecule has 0 spiro atoms. The zero-order chi connectivity index (χ0) is 17.5. The molecule has 0 saturated carbocycles. The first kappa shape index (κ1) is 20.3. The lowest BCUT2D eigenvalue weighted by atomic mass is 10.1. The van der Waals surface area contributed by atoms with Gasteiger partial charge < -0.3 is 15.4 Å². The maximum absolute atomic E-state index is 12.2. The van der Waals surface area contributed by atoms with Crippen LogP contribution >= 0.6 is 12.4 Å². The van der Waals surface area contributed by atoms with Crippen molar-refractivity contribution in [3.8, 4) is 5.75 Å². The van der Waals surface area contributed by atoms with Gasteiger partial charge in [-0.3, -0.25) is 4.79 Å². The first-order chi connectivity index (χ1) is 12.2. The van der Waals surface area contributed by atoms with Gasteiger partial charge in [-0.15, -0.1) is 12.4 Å². The van der Waals surface area contributed by atoms with Gasteiger partial charge in [-0.25, -0.2) is 0 Å². The van der Waals surface area contributed by atoms with Crippen LogP contribution in [-0.2, 0) is 17.8 Å². The first-order valence-electron chi connectivity index (χ1n) is 8.96. The van der Waals surface area contributed by atoms with E-state index in [1.807, 2.05) is 30.3 Å². The number of piperidine rings is 1. The van der Waals surface area contributed by atoms with Gasteiger partial charge in [-0.05, 0) is 56.1 Å². The van der Waals surface area contributed by atoms with E-state index in [-0.39, 0.29) is 18.3 Å². The molecular weight excluding hydrogens is 348 g/mol. The number of rotatable bonds is 6. The number of aryl methyl sites for hydroxylation is 1. The third-order valence-electron chi connectivity index (χ3n) is 4.46. The minimum atomic E-state index is 0. The molecule has 1 aliphatic heterocycles. The molecule has 1 fully saturated rings. The number of benzene rings is 2. The Balaban J connectivity index is 0.00000243. The predicted molar refractivity (Wildman–Crippen MR) is 107 cm³/mol. The van der Waals surface area contributed by atoms with Crippen LogP contribution in [0.25, 0.3) is 0 Å².